The molecule has 0 aromatic heterocycles. The van der Waals surface area contributed by atoms with Crippen LogP contribution in [0.5, 0.6) is 0 Å². The largest absolute Gasteiger partial charge is 0.281 e. The Morgan fingerprint density at radius 3 is 1.67 bits per heavy atom. The summed E-state index contributed by atoms with van der Waals surface area (Å²) in [4.78, 5) is 38.8. The highest BCUT2D eigenvalue weighted by molar-refractivity contribution is 6.72. The Morgan fingerprint density at radius 1 is 1.00 bits per heavy atom. The van der Waals surface area contributed by atoms with Gasteiger partial charge in [0.15, 0.2) is 0 Å². The Bertz CT molecular complexity index is 268. The van der Waals surface area contributed by atoms with Gasteiger partial charge in [-0.1, -0.05) is 0 Å². The van der Waals surface area contributed by atoms with E-state index in [1.165, 1.54) is 12.0 Å². The maximum absolute atomic E-state index is 9.93. The molecular weight excluding hydrogens is 266 g/mol. The maximum Gasteiger partial charge on any atom is 0.230 e. The monoisotopic (exact) mass is 272 g/mol. The predicted molar refractivity (Wildman–Crippen MR) is 56.7 cm³/mol. The molecule has 84 valence electrons. The normalized spacial score (nSPS) is 7.93. The Balaban J connectivity index is 0. The fourth-order valence-electron chi connectivity index (χ4n) is 0.354. The van der Waals surface area contributed by atoms with E-state index in [-0.39, 0.29) is 12.8 Å². The van der Waals surface area contributed by atoms with Gasteiger partial charge in [-0.25, -0.2) is 4.79 Å². The third kappa shape index (κ3) is 24.7. The summed E-state index contributed by atoms with van der Waals surface area (Å²) in [6.45, 7) is 0. The van der Waals surface area contributed by atoms with Gasteiger partial charge < -0.3 is 0 Å². The van der Waals surface area contributed by atoms with Crippen molar-refractivity contribution in [1.29, 1.82) is 0 Å². The molecule has 0 aromatic rings. The molecule has 7 heteroatoms. The molecule has 0 fully saturated rings. The lowest BCUT2D eigenvalue weighted by molar-refractivity contribution is -0.118. The van der Waals surface area contributed by atoms with Crippen LogP contribution in [0.1, 0.15) is 19.3 Å². The summed E-state index contributed by atoms with van der Waals surface area (Å²) in [5, 5.41) is -1.86. The first-order chi connectivity index (χ1) is 6.90. The van der Waals surface area contributed by atoms with Crippen LogP contribution in [0.2, 0.25) is 0 Å². The van der Waals surface area contributed by atoms with Crippen LogP contribution < -0.4 is 0 Å². The highest BCUT2D eigenvalue weighted by Crippen LogP contribution is 1.93. The first kappa shape index (κ1) is 16.7. The zero-order valence-corrected chi connectivity index (χ0v) is 9.73. The van der Waals surface area contributed by atoms with Crippen LogP contribution in [0.15, 0.2) is 6.08 Å². The first-order valence-electron chi connectivity index (χ1n) is 3.64. The second-order valence-corrected chi connectivity index (χ2v) is 3.37. The topological polar surface area (TPSA) is 68.3 Å². The van der Waals surface area contributed by atoms with Crippen LogP contribution in [0.3, 0.4) is 0 Å². The van der Waals surface area contributed by atoms with E-state index in [1.54, 1.807) is 0 Å². The van der Waals surface area contributed by atoms with Crippen molar-refractivity contribution in [2.45, 2.75) is 19.3 Å². The van der Waals surface area contributed by atoms with Gasteiger partial charge in [0.05, 0.1) is 6.42 Å². The summed E-state index contributed by atoms with van der Waals surface area (Å²) in [6.07, 6.45) is 1.46. The van der Waals surface area contributed by atoms with Gasteiger partial charge in [-0.2, -0.15) is 0 Å². The molecule has 0 aliphatic rings. The predicted octanol–water partition coefficient (Wildman–Crippen LogP) is 1.83. The van der Waals surface area contributed by atoms with Crippen LogP contribution in [-0.2, 0) is 19.2 Å². The summed E-state index contributed by atoms with van der Waals surface area (Å²) in [5.41, 5.74) is 0. The minimum atomic E-state index is -0.722. The summed E-state index contributed by atoms with van der Waals surface area (Å²) >= 11 is 14.4. The number of carbonyl (C=O) groups excluding carboxylic acids is 4. The van der Waals surface area contributed by atoms with E-state index < -0.39 is 15.7 Å². The van der Waals surface area contributed by atoms with Crippen molar-refractivity contribution in [2.24, 2.45) is 0 Å². The van der Waals surface area contributed by atoms with Crippen LogP contribution in [0.25, 0.3) is 0 Å². The molecule has 0 atom stereocenters. The Kier molecular flexibility index (Phi) is 12.7. The molecule has 0 spiro atoms. The van der Waals surface area contributed by atoms with Crippen molar-refractivity contribution in [3.63, 3.8) is 0 Å². The lowest BCUT2D eigenvalue weighted by Gasteiger charge is -1.79. The number of hydrogen-bond acceptors (Lipinski definition) is 4. The molecule has 0 unspecified atom stereocenters. The molecule has 0 aliphatic carbocycles. The first-order valence-corrected chi connectivity index (χ1v) is 4.77. The highest BCUT2D eigenvalue weighted by Gasteiger charge is 2.00. The third-order valence-electron chi connectivity index (χ3n) is 0.847. The highest BCUT2D eigenvalue weighted by atomic mass is 35.5. The van der Waals surface area contributed by atoms with E-state index >= 15 is 0 Å². The smallest absolute Gasteiger partial charge is 0.230 e. The van der Waals surface area contributed by atoms with E-state index in [1.807, 2.05) is 0 Å². The Morgan fingerprint density at radius 2 is 1.47 bits per heavy atom. The van der Waals surface area contributed by atoms with Crippen molar-refractivity contribution in [2.75, 3.05) is 0 Å². The van der Waals surface area contributed by atoms with E-state index in [0.717, 1.165) is 0 Å². The van der Waals surface area contributed by atoms with Gasteiger partial charge in [0.1, 0.15) is 5.94 Å². The average Bonchev–Trinajstić information content (AvgIpc) is 2.02. The van der Waals surface area contributed by atoms with Crippen molar-refractivity contribution in [3.8, 4) is 0 Å². The van der Waals surface area contributed by atoms with Gasteiger partial charge in [0.25, 0.3) is 0 Å². The Hall–Kier alpha value is -0.670. The standard InChI is InChI=1S/C5H5ClO2.C3H2Cl2O2/c6-5(8)3-1-2-4-7;4-2(6)1-3(5)7/h2H,1,3H2;1H2. The van der Waals surface area contributed by atoms with Crippen LogP contribution in [0.4, 0.5) is 0 Å². The minimum Gasteiger partial charge on any atom is -0.281 e. The average molecular weight is 273 g/mol. The van der Waals surface area contributed by atoms with Gasteiger partial charge in [0, 0.05) is 12.5 Å². The fourth-order valence-corrected chi connectivity index (χ4v) is 0.774. The number of rotatable bonds is 5. The van der Waals surface area contributed by atoms with Crippen molar-refractivity contribution in [1.82, 2.24) is 0 Å². The number of allylic oxidation sites excluding steroid dienone is 1. The van der Waals surface area contributed by atoms with Crippen molar-refractivity contribution >= 4 is 56.5 Å². The summed E-state index contributed by atoms with van der Waals surface area (Å²) in [5.74, 6) is 1.54. The fraction of sp³-hybridized carbons (Fsp3) is 0.375. The molecule has 0 aliphatic heterocycles. The summed E-state index contributed by atoms with van der Waals surface area (Å²) in [7, 11) is 0. The summed E-state index contributed by atoms with van der Waals surface area (Å²) in [6, 6.07) is 0. The molecule has 0 saturated carbocycles. The molecule has 4 nitrogen and oxygen atoms in total. The minimum absolute atomic E-state index is 0.219. The molecule has 0 radical (unpaired) electrons. The lowest BCUT2D eigenvalue weighted by atomic mass is 10.3. The third-order valence-corrected chi connectivity index (χ3v) is 1.30. The van der Waals surface area contributed by atoms with Crippen LogP contribution in [0, 0.1) is 0 Å². The number of halogens is 3. The quantitative estimate of drug-likeness (QED) is 0.435. The Labute approximate surface area is 101 Å². The second kappa shape index (κ2) is 11.4. The van der Waals surface area contributed by atoms with E-state index in [4.69, 9.17) is 34.8 Å². The van der Waals surface area contributed by atoms with Gasteiger partial charge in [0.2, 0.25) is 15.7 Å². The van der Waals surface area contributed by atoms with Gasteiger partial charge in [-0.15, -0.1) is 0 Å². The van der Waals surface area contributed by atoms with Crippen molar-refractivity contribution < 1.29 is 19.2 Å². The molecule has 0 heterocycles. The molecule has 0 aromatic carbocycles. The molecule has 15 heavy (non-hydrogen) atoms. The molecule has 0 N–H and O–H groups in total. The molecule has 0 bridgehead atoms. The van der Waals surface area contributed by atoms with Crippen molar-refractivity contribution in [3.05, 3.63) is 6.08 Å². The summed E-state index contributed by atoms with van der Waals surface area (Å²) < 4.78 is 0. The van der Waals surface area contributed by atoms with Gasteiger partial charge in [-0.05, 0) is 41.2 Å². The number of carbonyl (C=O) groups is 3. The molecular formula is C8H7Cl3O4. The SMILES string of the molecule is O=C(Cl)CC(=O)Cl.O=C=CCCC(=O)Cl. The van der Waals surface area contributed by atoms with Crippen LogP contribution >= 0.6 is 34.8 Å². The zero-order valence-electron chi connectivity index (χ0n) is 7.47. The molecule has 0 amide bonds. The molecule has 0 saturated heterocycles. The molecule has 0 rings (SSSR count). The van der Waals surface area contributed by atoms with Crippen LogP contribution in [-0.4, -0.2) is 21.7 Å². The lowest BCUT2D eigenvalue weighted by Crippen LogP contribution is -1.92. The van der Waals surface area contributed by atoms with E-state index in [2.05, 4.69) is 0 Å². The maximum atomic E-state index is 9.93. The van der Waals surface area contributed by atoms with Gasteiger partial charge in [-0.3, -0.25) is 14.4 Å². The zero-order chi connectivity index (χ0) is 12.3. The van der Waals surface area contributed by atoms with Gasteiger partial charge >= 0.3 is 0 Å². The number of hydrogen-bond donors (Lipinski definition) is 0. The van der Waals surface area contributed by atoms with E-state index in [0.29, 0.717) is 6.42 Å². The second-order valence-electron chi connectivity index (χ2n) is 2.10. The van der Waals surface area contributed by atoms with E-state index in [9.17, 15) is 19.2 Å².